The highest BCUT2D eigenvalue weighted by molar-refractivity contribution is 5.40. The summed E-state index contributed by atoms with van der Waals surface area (Å²) >= 11 is 0. The second-order valence-corrected chi connectivity index (χ2v) is 4.97. The van der Waals surface area contributed by atoms with Crippen molar-refractivity contribution in [2.75, 3.05) is 13.7 Å². The third-order valence-electron chi connectivity index (χ3n) is 3.43. The maximum absolute atomic E-state index is 5.28. The van der Waals surface area contributed by atoms with E-state index in [1.807, 2.05) is 18.3 Å². The van der Waals surface area contributed by atoms with Gasteiger partial charge in [0.2, 0.25) is 0 Å². The molecule has 3 nitrogen and oxygen atoms in total. The fourth-order valence-corrected chi connectivity index (χ4v) is 2.39. The van der Waals surface area contributed by atoms with Gasteiger partial charge in [0.1, 0.15) is 5.75 Å². The first-order valence-corrected chi connectivity index (χ1v) is 6.96. The average molecular weight is 270 g/mol. The van der Waals surface area contributed by atoms with E-state index in [9.17, 15) is 0 Å². The molecule has 106 valence electrons. The summed E-state index contributed by atoms with van der Waals surface area (Å²) < 4.78 is 5.28. The lowest BCUT2D eigenvalue weighted by atomic mass is 9.97. The molecule has 2 rings (SSSR count). The lowest BCUT2D eigenvalue weighted by Gasteiger charge is -2.20. The smallest absolute Gasteiger partial charge is 0.119 e. The van der Waals surface area contributed by atoms with Crippen LogP contribution < -0.4 is 10.1 Å². The van der Waals surface area contributed by atoms with E-state index in [0.717, 1.165) is 18.0 Å². The highest BCUT2D eigenvalue weighted by Crippen LogP contribution is 2.26. The number of aromatic nitrogens is 1. The van der Waals surface area contributed by atoms with Crippen LogP contribution in [-0.2, 0) is 0 Å². The molecule has 1 atom stereocenters. The van der Waals surface area contributed by atoms with E-state index < -0.39 is 0 Å². The second-order valence-electron chi connectivity index (χ2n) is 4.97. The Hall–Kier alpha value is -1.87. The summed E-state index contributed by atoms with van der Waals surface area (Å²) in [5.41, 5.74) is 4.73. The number of benzene rings is 1. The zero-order valence-corrected chi connectivity index (χ0v) is 12.6. The van der Waals surface area contributed by atoms with Crippen molar-refractivity contribution in [2.24, 2.45) is 0 Å². The summed E-state index contributed by atoms with van der Waals surface area (Å²) in [6.45, 7) is 7.21. The van der Waals surface area contributed by atoms with Crippen molar-refractivity contribution in [3.63, 3.8) is 0 Å². The molecule has 0 saturated heterocycles. The summed E-state index contributed by atoms with van der Waals surface area (Å²) in [7, 11) is 1.69. The third-order valence-corrected chi connectivity index (χ3v) is 3.43. The number of rotatable bonds is 5. The Balaban J connectivity index is 2.43. The lowest BCUT2D eigenvalue weighted by molar-refractivity contribution is 0.414. The van der Waals surface area contributed by atoms with E-state index in [4.69, 9.17) is 4.74 Å². The lowest BCUT2D eigenvalue weighted by Crippen LogP contribution is -2.23. The number of hydrogen-bond acceptors (Lipinski definition) is 3. The van der Waals surface area contributed by atoms with Gasteiger partial charge in [-0.3, -0.25) is 4.98 Å². The fraction of sp³-hybridized carbons (Fsp3) is 0.353. The number of methoxy groups -OCH3 is 1. The zero-order valence-electron chi connectivity index (χ0n) is 12.6. The van der Waals surface area contributed by atoms with Crippen molar-refractivity contribution < 1.29 is 4.74 Å². The molecule has 0 aliphatic rings. The van der Waals surface area contributed by atoms with Gasteiger partial charge in [-0.15, -0.1) is 0 Å². The second kappa shape index (κ2) is 6.53. The molecular formula is C17H22N2O. The molecule has 20 heavy (non-hydrogen) atoms. The molecule has 1 N–H and O–H groups in total. The van der Waals surface area contributed by atoms with Gasteiger partial charge < -0.3 is 10.1 Å². The molecule has 0 aliphatic heterocycles. The Bertz CT molecular complexity index is 581. The normalized spacial score (nSPS) is 12.2. The largest absolute Gasteiger partial charge is 0.497 e. The predicted molar refractivity (Wildman–Crippen MR) is 82.2 cm³/mol. The molecule has 1 aromatic carbocycles. The van der Waals surface area contributed by atoms with Gasteiger partial charge in [-0.05, 0) is 61.3 Å². The minimum Gasteiger partial charge on any atom is -0.497 e. The van der Waals surface area contributed by atoms with Crippen LogP contribution in [0.25, 0.3) is 0 Å². The molecule has 1 unspecified atom stereocenters. The van der Waals surface area contributed by atoms with Gasteiger partial charge in [-0.1, -0.05) is 13.0 Å². The maximum atomic E-state index is 5.28. The monoisotopic (exact) mass is 270 g/mol. The van der Waals surface area contributed by atoms with E-state index in [0.29, 0.717) is 0 Å². The fourth-order valence-electron chi connectivity index (χ4n) is 2.39. The number of pyridine rings is 1. The summed E-state index contributed by atoms with van der Waals surface area (Å²) in [6, 6.07) is 10.5. The minimum absolute atomic E-state index is 0.116. The predicted octanol–water partition coefficient (Wildman–Crippen LogP) is 3.41. The van der Waals surface area contributed by atoms with E-state index in [1.54, 1.807) is 7.11 Å². The van der Waals surface area contributed by atoms with Crippen molar-refractivity contribution in [1.82, 2.24) is 10.3 Å². The Labute approximate surface area is 121 Å². The van der Waals surface area contributed by atoms with E-state index in [2.05, 4.69) is 49.3 Å². The summed E-state index contributed by atoms with van der Waals surface area (Å²) in [4.78, 5) is 4.52. The van der Waals surface area contributed by atoms with Crippen molar-refractivity contribution >= 4 is 0 Å². The molecular weight excluding hydrogens is 248 g/mol. The maximum Gasteiger partial charge on any atom is 0.119 e. The molecule has 0 saturated carbocycles. The molecule has 1 heterocycles. The highest BCUT2D eigenvalue weighted by Gasteiger charge is 2.16. The van der Waals surface area contributed by atoms with Crippen LogP contribution in [0.5, 0.6) is 5.75 Å². The molecule has 3 heteroatoms. The molecule has 2 aromatic rings. The van der Waals surface area contributed by atoms with E-state index in [-0.39, 0.29) is 6.04 Å². The first-order chi connectivity index (χ1) is 9.65. The highest BCUT2D eigenvalue weighted by atomic mass is 16.5. The molecule has 0 fully saturated rings. The quantitative estimate of drug-likeness (QED) is 0.904. The Morgan fingerprint density at radius 2 is 2.00 bits per heavy atom. The zero-order chi connectivity index (χ0) is 14.5. The third kappa shape index (κ3) is 3.17. The SMILES string of the molecule is CCNC(c1cc(C)ccn1)c1ccc(OC)cc1C. The Kier molecular flexibility index (Phi) is 4.74. The number of aryl methyl sites for hydroxylation is 2. The first kappa shape index (κ1) is 14.5. The first-order valence-electron chi connectivity index (χ1n) is 6.96. The molecule has 1 aromatic heterocycles. The van der Waals surface area contributed by atoms with Crippen molar-refractivity contribution in [2.45, 2.75) is 26.8 Å². The van der Waals surface area contributed by atoms with Crippen molar-refractivity contribution in [3.8, 4) is 5.75 Å². The van der Waals surface area contributed by atoms with Crippen LogP contribution in [0.1, 0.15) is 35.3 Å². The molecule has 0 amide bonds. The molecule has 0 radical (unpaired) electrons. The Morgan fingerprint density at radius 3 is 2.60 bits per heavy atom. The molecule has 0 bridgehead atoms. The van der Waals surface area contributed by atoms with Crippen LogP contribution in [0.15, 0.2) is 36.5 Å². The van der Waals surface area contributed by atoms with E-state index in [1.165, 1.54) is 16.7 Å². The van der Waals surface area contributed by atoms with Crippen molar-refractivity contribution in [3.05, 3.63) is 58.9 Å². The van der Waals surface area contributed by atoms with Crippen LogP contribution in [0, 0.1) is 13.8 Å². The number of ether oxygens (including phenoxy) is 1. The standard InChI is InChI=1S/C17H22N2O/c1-5-18-17(16-10-12(2)8-9-19-16)15-7-6-14(20-4)11-13(15)3/h6-11,17-18H,5H2,1-4H3. The van der Waals surface area contributed by atoms with Gasteiger partial charge in [0.15, 0.2) is 0 Å². The Morgan fingerprint density at radius 1 is 1.20 bits per heavy atom. The molecule has 0 aliphatic carbocycles. The molecule has 0 spiro atoms. The van der Waals surface area contributed by atoms with Crippen molar-refractivity contribution in [1.29, 1.82) is 0 Å². The van der Waals surface area contributed by atoms with Crippen LogP contribution in [-0.4, -0.2) is 18.6 Å². The topological polar surface area (TPSA) is 34.2 Å². The number of nitrogens with zero attached hydrogens (tertiary/aromatic N) is 1. The van der Waals surface area contributed by atoms with Gasteiger partial charge in [-0.2, -0.15) is 0 Å². The summed E-state index contributed by atoms with van der Waals surface area (Å²) in [5.74, 6) is 0.888. The number of nitrogens with one attached hydrogen (secondary N) is 1. The average Bonchev–Trinajstić information content (AvgIpc) is 2.45. The summed E-state index contributed by atoms with van der Waals surface area (Å²) in [5, 5.41) is 3.52. The van der Waals surface area contributed by atoms with Crippen LogP contribution in [0.2, 0.25) is 0 Å². The van der Waals surface area contributed by atoms with Gasteiger partial charge >= 0.3 is 0 Å². The van der Waals surface area contributed by atoms with Crippen LogP contribution >= 0.6 is 0 Å². The van der Waals surface area contributed by atoms with E-state index >= 15 is 0 Å². The van der Waals surface area contributed by atoms with Crippen LogP contribution in [0.4, 0.5) is 0 Å². The van der Waals surface area contributed by atoms with Gasteiger partial charge in [0.05, 0.1) is 18.8 Å². The summed E-state index contributed by atoms with van der Waals surface area (Å²) in [6.07, 6.45) is 1.87. The van der Waals surface area contributed by atoms with Crippen LogP contribution in [0.3, 0.4) is 0 Å². The minimum atomic E-state index is 0.116. The number of hydrogen-bond donors (Lipinski definition) is 1. The van der Waals surface area contributed by atoms with Gasteiger partial charge in [-0.25, -0.2) is 0 Å². The van der Waals surface area contributed by atoms with Gasteiger partial charge in [0.25, 0.3) is 0 Å². The van der Waals surface area contributed by atoms with Gasteiger partial charge in [0, 0.05) is 6.20 Å².